The van der Waals surface area contributed by atoms with Crippen LogP contribution in [0.4, 0.5) is 5.69 Å². The van der Waals surface area contributed by atoms with E-state index in [1.807, 2.05) is 0 Å². The van der Waals surface area contributed by atoms with Crippen LogP contribution in [0.1, 0.15) is 0 Å². The van der Waals surface area contributed by atoms with Gasteiger partial charge in [0.25, 0.3) is 0 Å². The molecule has 0 fully saturated rings. The molecular weight excluding hydrogens is 312 g/mol. The lowest BCUT2D eigenvalue weighted by Crippen LogP contribution is -2.30. The Bertz CT molecular complexity index is 530. The van der Waals surface area contributed by atoms with E-state index in [4.69, 9.17) is 5.73 Å². The third-order valence-electron chi connectivity index (χ3n) is 1.90. The molecule has 0 radical (unpaired) electrons. The largest absolute Gasteiger partial charge is 0.468 e. The normalized spacial score (nSPS) is 11.2. The van der Waals surface area contributed by atoms with E-state index in [1.54, 1.807) is 6.07 Å². The molecule has 0 unspecified atom stereocenters. The van der Waals surface area contributed by atoms with Crippen molar-refractivity contribution in [3.8, 4) is 0 Å². The first-order valence-corrected chi connectivity index (χ1v) is 6.76. The van der Waals surface area contributed by atoms with Gasteiger partial charge in [-0.2, -0.15) is 4.72 Å². The molecule has 0 saturated heterocycles. The number of ether oxygens (including phenoxy) is 1. The number of methoxy groups -OCH3 is 1. The summed E-state index contributed by atoms with van der Waals surface area (Å²) in [5, 5.41) is 0. The Balaban J connectivity index is 2.94. The van der Waals surface area contributed by atoms with Gasteiger partial charge in [-0.15, -0.1) is 0 Å². The lowest BCUT2D eigenvalue weighted by atomic mass is 10.3. The van der Waals surface area contributed by atoms with Crippen molar-refractivity contribution in [2.45, 2.75) is 4.90 Å². The predicted octanol–water partition coefficient (Wildman–Crippen LogP) is 0.483. The van der Waals surface area contributed by atoms with Crippen molar-refractivity contribution in [2.24, 2.45) is 0 Å². The summed E-state index contributed by atoms with van der Waals surface area (Å²) < 4.78 is 30.6. The van der Waals surface area contributed by atoms with E-state index < -0.39 is 22.5 Å². The molecule has 3 N–H and O–H groups in total. The van der Waals surface area contributed by atoms with Crippen molar-refractivity contribution in [2.75, 3.05) is 19.4 Å². The fourth-order valence-corrected chi connectivity index (χ4v) is 2.53. The first-order chi connectivity index (χ1) is 7.86. The summed E-state index contributed by atoms with van der Waals surface area (Å²) in [4.78, 5) is 10.8. The van der Waals surface area contributed by atoms with Gasteiger partial charge in [0, 0.05) is 4.47 Å². The molecule has 6 nitrogen and oxygen atoms in total. The maximum Gasteiger partial charge on any atom is 0.320 e. The molecule has 0 bridgehead atoms. The van der Waals surface area contributed by atoms with Crippen molar-refractivity contribution < 1.29 is 17.9 Å². The third-order valence-corrected chi connectivity index (χ3v) is 3.86. The van der Waals surface area contributed by atoms with Gasteiger partial charge in [-0.3, -0.25) is 4.79 Å². The minimum atomic E-state index is -3.81. The smallest absolute Gasteiger partial charge is 0.320 e. The van der Waals surface area contributed by atoms with Gasteiger partial charge < -0.3 is 10.5 Å². The van der Waals surface area contributed by atoms with Gasteiger partial charge in [0.2, 0.25) is 10.0 Å². The van der Waals surface area contributed by atoms with Gasteiger partial charge in [0.15, 0.2) is 0 Å². The highest BCUT2D eigenvalue weighted by molar-refractivity contribution is 9.10. The minimum absolute atomic E-state index is 0.0791. The van der Waals surface area contributed by atoms with Crippen LogP contribution in [-0.2, 0) is 19.6 Å². The number of nitrogens with one attached hydrogen (secondary N) is 1. The van der Waals surface area contributed by atoms with E-state index in [2.05, 4.69) is 25.4 Å². The zero-order valence-electron chi connectivity index (χ0n) is 8.94. The summed E-state index contributed by atoms with van der Waals surface area (Å²) in [6, 6.07) is 4.36. The molecule has 0 aromatic heterocycles. The molecule has 0 aliphatic carbocycles. The number of nitrogens with two attached hydrogens (primary N) is 1. The second-order valence-corrected chi connectivity index (χ2v) is 5.73. The highest BCUT2D eigenvalue weighted by Crippen LogP contribution is 2.22. The van der Waals surface area contributed by atoms with Crippen LogP contribution in [-0.4, -0.2) is 28.0 Å². The molecule has 0 saturated carbocycles. The lowest BCUT2D eigenvalue weighted by Gasteiger charge is -2.08. The van der Waals surface area contributed by atoms with E-state index in [1.165, 1.54) is 19.2 Å². The highest BCUT2D eigenvalue weighted by atomic mass is 79.9. The molecular formula is C9H11BrN2O4S. The fraction of sp³-hybridized carbons (Fsp3) is 0.222. The standard InChI is InChI=1S/C9H11BrN2O4S/c1-16-9(13)5-12-17(14,15)8-3-2-6(10)4-7(8)11/h2-4,12H,5,11H2,1H3. The molecule has 0 spiro atoms. The SMILES string of the molecule is COC(=O)CNS(=O)(=O)c1ccc(Br)cc1N. The number of esters is 1. The third kappa shape index (κ3) is 3.69. The summed E-state index contributed by atoms with van der Waals surface area (Å²) in [5.74, 6) is -0.677. The number of anilines is 1. The second kappa shape index (κ2) is 5.48. The van der Waals surface area contributed by atoms with Crippen LogP contribution in [0.15, 0.2) is 27.6 Å². The number of hydrogen-bond acceptors (Lipinski definition) is 5. The molecule has 1 aromatic rings. The molecule has 0 atom stereocenters. The summed E-state index contributed by atoms with van der Waals surface area (Å²) >= 11 is 3.17. The van der Waals surface area contributed by atoms with Crippen LogP contribution in [0.2, 0.25) is 0 Å². The Labute approximate surface area is 107 Å². The Kier molecular flexibility index (Phi) is 4.49. The minimum Gasteiger partial charge on any atom is -0.468 e. The molecule has 0 aliphatic heterocycles. The first kappa shape index (κ1) is 13.9. The van der Waals surface area contributed by atoms with Gasteiger partial charge >= 0.3 is 5.97 Å². The van der Waals surface area contributed by atoms with E-state index >= 15 is 0 Å². The van der Waals surface area contributed by atoms with Crippen molar-refractivity contribution in [1.29, 1.82) is 0 Å². The van der Waals surface area contributed by atoms with E-state index in [0.717, 1.165) is 0 Å². The number of carbonyl (C=O) groups is 1. The lowest BCUT2D eigenvalue weighted by molar-refractivity contribution is -0.139. The van der Waals surface area contributed by atoms with Crippen molar-refractivity contribution in [3.63, 3.8) is 0 Å². The molecule has 1 rings (SSSR count). The number of halogens is 1. The number of rotatable bonds is 4. The summed E-state index contributed by atoms with van der Waals surface area (Å²) in [6.45, 7) is -0.436. The average molecular weight is 323 g/mol. The molecule has 94 valence electrons. The molecule has 0 amide bonds. The van der Waals surface area contributed by atoms with E-state index in [-0.39, 0.29) is 10.6 Å². The number of hydrogen-bond donors (Lipinski definition) is 2. The summed E-state index contributed by atoms with van der Waals surface area (Å²) in [7, 11) is -2.64. The van der Waals surface area contributed by atoms with Crippen LogP contribution < -0.4 is 10.5 Å². The van der Waals surface area contributed by atoms with Gasteiger partial charge in [0.1, 0.15) is 11.4 Å². The Hall–Kier alpha value is -1.12. The van der Waals surface area contributed by atoms with Gasteiger partial charge in [0.05, 0.1) is 12.8 Å². The van der Waals surface area contributed by atoms with Crippen LogP contribution >= 0.6 is 15.9 Å². The van der Waals surface area contributed by atoms with Gasteiger partial charge in [-0.25, -0.2) is 8.42 Å². The fourth-order valence-electron chi connectivity index (χ4n) is 1.07. The number of benzene rings is 1. The van der Waals surface area contributed by atoms with Crippen molar-refractivity contribution in [1.82, 2.24) is 4.72 Å². The Morgan fingerprint density at radius 1 is 1.53 bits per heavy atom. The second-order valence-electron chi connectivity index (χ2n) is 3.08. The quantitative estimate of drug-likeness (QED) is 0.620. The molecule has 0 aliphatic rings. The van der Waals surface area contributed by atoms with Gasteiger partial charge in [-0.05, 0) is 18.2 Å². The zero-order valence-corrected chi connectivity index (χ0v) is 11.3. The summed E-state index contributed by atoms with van der Waals surface area (Å²) in [5.41, 5.74) is 5.68. The maximum atomic E-state index is 11.8. The summed E-state index contributed by atoms with van der Waals surface area (Å²) in [6.07, 6.45) is 0. The molecule has 0 heterocycles. The van der Waals surface area contributed by atoms with Crippen molar-refractivity contribution >= 4 is 37.6 Å². The van der Waals surface area contributed by atoms with E-state index in [0.29, 0.717) is 4.47 Å². The molecule has 1 aromatic carbocycles. The Morgan fingerprint density at radius 3 is 2.71 bits per heavy atom. The number of sulfonamides is 1. The van der Waals surface area contributed by atoms with Crippen molar-refractivity contribution in [3.05, 3.63) is 22.7 Å². The average Bonchev–Trinajstić information content (AvgIpc) is 2.25. The predicted molar refractivity (Wildman–Crippen MR) is 65.8 cm³/mol. The monoisotopic (exact) mass is 322 g/mol. The maximum absolute atomic E-state index is 11.8. The van der Waals surface area contributed by atoms with Crippen LogP contribution in [0, 0.1) is 0 Å². The molecule has 17 heavy (non-hydrogen) atoms. The van der Waals surface area contributed by atoms with Crippen LogP contribution in [0.25, 0.3) is 0 Å². The van der Waals surface area contributed by atoms with Crippen LogP contribution in [0.3, 0.4) is 0 Å². The van der Waals surface area contributed by atoms with Gasteiger partial charge in [-0.1, -0.05) is 15.9 Å². The topological polar surface area (TPSA) is 98.5 Å². The number of nitrogen functional groups attached to an aromatic ring is 1. The zero-order chi connectivity index (χ0) is 13.1. The first-order valence-electron chi connectivity index (χ1n) is 4.48. The Morgan fingerprint density at radius 2 is 2.18 bits per heavy atom. The van der Waals surface area contributed by atoms with Crippen LogP contribution in [0.5, 0.6) is 0 Å². The highest BCUT2D eigenvalue weighted by Gasteiger charge is 2.18. The number of carbonyl (C=O) groups excluding carboxylic acids is 1. The molecule has 8 heteroatoms. The van der Waals surface area contributed by atoms with E-state index in [9.17, 15) is 13.2 Å².